The Morgan fingerprint density at radius 1 is 0.897 bits per heavy atom. The lowest BCUT2D eigenvalue weighted by molar-refractivity contribution is -0.881. The molecule has 2 aromatic carbocycles. The molecular formula is C24H34N3O2+. The molecule has 0 heterocycles. The van der Waals surface area contributed by atoms with E-state index in [1.807, 2.05) is 76.2 Å². The molecule has 5 nitrogen and oxygen atoms in total. The maximum absolute atomic E-state index is 12.8. The Morgan fingerprint density at radius 3 is 2.00 bits per heavy atom. The molecule has 2 amide bonds. The van der Waals surface area contributed by atoms with Crippen molar-refractivity contribution in [3.05, 3.63) is 71.8 Å². The van der Waals surface area contributed by atoms with Gasteiger partial charge >= 0.3 is 0 Å². The van der Waals surface area contributed by atoms with Crippen LogP contribution < -0.4 is 15.5 Å². The van der Waals surface area contributed by atoms with Crippen LogP contribution in [-0.4, -0.2) is 37.0 Å². The molecule has 5 heteroatoms. The van der Waals surface area contributed by atoms with Gasteiger partial charge in [0.15, 0.2) is 13.1 Å². The fourth-order valence-corrected chi connectivity index (χ4v) is 3.26. The molecule has 0 bridgehead atoms. The Labute approximate surface area is 174 Å². The first-order valence-corrected chi connectivity index (χ1v) is 10.3. The highest BCUT2D eigenvalue weighted by Crippen LogP contribution is 2.18. The minimum Gasteiger partial charge on any atom is -0.347 e. The van der Waals surface area contributed by atoms with Gasteiger partial charge in [-0.15, -0.1) is 0 Å². The summed E-state index contributed by atoms with van der Waals surface area (Å²) in [6.45, 7) is 9.12. The van der Waals surface area contributed by atoms with Crippen molar-refractivity contribution >= 4 is 11.8 Å². The lowest BCUT2D eigenvalue weighted by atomic mass is 9.99. The van der Waals surface area contributed by atoms with Gasteiger partial charge < -0.3 is 15.5 Å². The van der Waals surface area contributed by atoms with E-state index in [0.717, 1.165) is 16.9 Å². The van der Waals surface area contributed by atoms with Crippen molar-refractivity contribution in [1.82, 2.24) is 10.6 Å². The zero-order chi connectivity index (χ0) is 21.3. The molecule has 0 aromatic heterocycles. The van der Waals surface area contributed by atoms with E-state index in [4.69, 9.17) is 0 Å². The second-order valence-electron chi connectivity index (χ2n) is 8.48. The van der Waals surface area contributed by atoms with Crippen LogP contribution in [0.15, 0.2) is 60.7 Å². The molecule has 29 heavy (non-hydrogen) atoms. The van der Waals surface area contributed by atoms with Crippen LogP contribution in [0.4, 0.5) is 0 Å². The monoisotopic (exact) mass is 396 g/mol. The van der Waals surface area contributed by atoms with Gasteiger partial charge in [-0.25, -0.2) is 0 Å². The summed E-state index contributed by atoms with van der Waals surface area (Å²) in [6.07, 6.45) is 0.725. The number of nitrogens with one attached hydrogen (secondary N) is 3. The Morgan fingerprint density at radius 2 is 1.45 bits per heavy atom. The number of carbonyl (C=O) groups is 2. The van der Waals surface area contributed by atoms with Gasteiger partial charge in [0.1, 0.15) is 0 Å². The molecule has 0 fully saturated rings. The number of quaternary nitrogens is 1. The third kappa shape index (κ3) is 8.48. The molecule has 3 N–H and O–H groups in total. The Hall–Kier alpha value is -2.66. The minimum atomic E-state index is -0.272. The van der Waals surface area contributed by atoms with Crippen LogP contribution in [0.1, 0.15) is 44.9 Å². The molecule has 0 radical (unpaired) electrons. The van der Waals surface area contributed by atoms with Gasteiger partial charge in [-0.1, -0.05) is 60.7 Å². The maximum atomic E-state index is 12.8. The number of rotatable bonds is 9. The average Bonchev–Trinajstić information content (AvgIpc) is 2.67. The van der Waals surface area contributed by atoms with E-state index in [9.17, 15) is 9.59 Å². The van der Waals surface area contributed by atoms with Crippen LogP contribution in [0.3, 0.4) is 0 Å². The summed E-state index contributed by atoms with van der Waals surface area (Å²) < 4.78 is 0. The van der Waals surface area contributed by atoms with Gasteiger partial charge in [-0.05, 0) is 45.2 Å². The first-order valence-electron chi connectivity index (χ1n) is 10.3. The number of carbonyl (C=O) groups excluding carboxylic acids is 2. The zero-order valence-electron chi connectivity index (χ0n) is 18.0. The summed E-state index contributed by atoms with van der Waals surface area (Å²) in [5, 5.41) is 6.14. The molecule has 0 saturated heterocycles. The number of amides is 2. The highest BCUT2D eigenvalue weighted by molar-refractivity contribution is 5.79. The molecule has 2 rings (SSSR count). The average molecular weight is 397 g/mol. The van der Waals surface area contributed by atoms with Crippen LogP contribution in [0.5, 0.6) is 0 Å². The van der Waals surface area contributed by atoms with E-state index in [1.54, 1.807) is 0 Å². The third-order valence-electron chi connectivity index (χ3n) is 4.66. The predicted octanol–water partition coefficient (Wildman–Crippen LogP) is 1.91. The Balaban J connectivity index is 2.01. The normalized spacial score (nSPS) is 13.4. The number of hydrogen-bond acceptors (Lipinski definition) is 2. The summed E-state index contributed by atoms with van der Waals surface area (Å²) in [4.78, 5) is 26.0. The highest BCUT2D eigenvalue weighted by Gasteiger charge is 2.22. The van der Waals surface area contributed by atoms with Gasteiger partial charge in [0.25, 0.3) is 11.8 Å². The van der Waals surface area contributed by atoms with E-state index in [1.165, 1.54) is 5.56 Å². The molecule has 0 aliphatic rings. The summed E-state index contributed by atoms with van der Waals surface area (Å²) in [5.74, 6) is -0.0822. The van der Waals surface area contributed by atoms with Crippen molar-refractivity contribution in [2.75, 3.05) is 19.6 Å². The van der Waals surface area contributed by atoms with Crippen molar-refractivity contribution in [2.24, 2.45) is 0 Å². The van der Waals surface area contributed by atoms with Gasteiger partial charge in [0, 0.05) is 5.54 Å². The largest absolute Gasteiger partial charge is 0.347 e. The van der Waals surface area contributed by atoms with Gasteiger partial charge in [-0.2, -0.15) is 0 Å². The number of hydrogen-bond donors (Lipinski definition) is 3. The summed E-state index contributed by atoms with van der Waals surface area (Å²) in [5.41, 5.74) is 1.98. The first-order chi connectivity index (χ1) is 13.8. The van der Waals surface area contributed by atoms with Crippen LogP contribution in [0.25, 0.3) is 0 Å². The lowest BCUT2D eigenvalue weighted by Crippen LogP contribution is -3.14. The van der Waals surface area contributed by atoms with E-state index < -0.39 is 0 Å². The van der Waals surface area contributed by atoms with Crippen LogP contribution in [0.2, 0.25) is 0 Å². The van der Waals surface area contributed by atoms with Gasteiger partial charge in [0.05, 0.1) is 12.6 Å². The summed E-state index contributed by atoms with van der Waals surface area (Å²) >= 11 is 0. The van der Waals surface area contributed by atoms with Crippen molar-refractivity contribution in [2.45, 2.75) is 45.7 Å². The van der Waals surface area contributed by atoms with Crippen molar-refractivity contribution < 1.29 is 14.5 Å². The fraction of sp³-hybridized carbons (Fsp3) is 0.417. The van der Waals surface area contributed by atoms with Gasteiger partial charge in [-0.3, -0.25) is 9.59 Å². The molecule has 1 unspecified atom stereocenters. The van der Waals surface area contributed by atoms with Gasteiger partial charge in [0.2, 0.25) is 0 Å². The molecule has 0 aliphatic heterocycles. The van der Waals surface area contributed by atoms with Crippen LogP contribution >= 0.6 is 0 Å². The van der Waals surface area contributed by atoms with E-state index in [-0.39, 0.29) is 36.5 Å². The second kappa shape index (κ2) is 10.8. The maximum Gasteiger partial charge on any atom is 0.275 e. The Kier molecular flexibility index (Phi) is 8.40. The SMILES string of the molecule is CC[NH+](CC(=O)N[C@H](Cc1ccccc1)c1ccccc1)CC(=O)NC(C)(C)C. The molecular weight excluding hydrogens is 362 g/mol. The minimum absolute atomic E-state index is 0.0361. The van der Waals surface area contributed by atoms with Crippen LogP contribution in [0, 0.1) is 0 Å². The molecule has 2 aromatic rings. The highest BCUT2D eigenvalue weighted by atomic mass is 16.2. The lowest BCUT2D eigenvalue weighted by Gasteiger charge is -2.24. The third-order valence-corrected chi connectivity index (χ3v) is 4.66. The summed E-state index contributed by atoms with van der Waals surface area (Å²) in [7, 11) is 0. The number of benzene rings is 2. The predicted molar refractivity (Wildman–Crippen MR) is 117 cm³/mol. The van der Waals surface area contributed by atoms with Crippen LogP contribution in [-0.2, 0) is 16.0 Å². The van der Waals surface area contributed by atoms with E-state index in [2.05, 4.69) is 22.8 Å². The van der Waals surface area contributed by atoms with E-state index >= 15 is 0 Å². The van der Waals surface area contributed by atoms with Crippen molar-refractivity contribution in [3.8, 4) is 0 Å². The van der Waals surface area contributed by atoms with Crippen molar-refractivity contribution in [3.63, 3.8) is 0 Å². The fourth-order valence-electron chi connectivity index (χ4n) is 3.26. The standard InChI is InChI=1S/C24H33N3O2/c1-5-27(18-23(29)26-24(2,3)4)17-22(28)25-21(20-14-10-7-11-15-20)16-19-12-8-6-9-13-19/h6-15,21H,5,16-18H2,1-4H3,(H,25,28)(H,26,29)/p+1/t21-/m1/s1. The molecule has 0 spiro atoms. The molecule has 2 atom stereocenters. The zero-order valence-corrected chi connectivity index (χ0v) is 18.0. The smallest absolute Gasteiger partial charge is 0.275 e. The quantitative estimate of drug-likeness (QED) is 0.606. The molecule has 0 aliphatic carbocycles. The Bertz CT molecular complexity index is 770. The second-order valence-corrected chi connectivity index (χ2v) is 8.48. The first kappa shape index (κ1) is 22.6. The number of likely N-dealkylation sites (N-methyl/N-ethyl adjacent to an activating group) is 1. The van der Waals surface area contributed by atoms with E-state index in [0.29, 0.717) is 6.54 Å². The topological polar surface area (TPSA) is 62.6 Å². The van der Waals surface area contributed by atoms with Crippen molar-refractivity contribution in [1.29, 1.82) is 0 Å². The summed E-state index contributed by atoms with van der Waals surface area (Å²) in [6, 6.07) is 20.1. The molecule has 0 saturated carbocycles. The molecule has 156 valence electrons.